The van der Waals surface area contributed by atoms with Crippen LogP contribution in [0, 0.1) is 6.92 Å². The highest BCUT2D eigenvalue weighted by molar-refractivity contribution is 5.68. The van der Waals surface area contributed by atoms with Crippen molar-refractivity contribution in [3.63, 3.8) is 0 Å². The number of methoxy groups -OCH3 is 1. The third kappa shape index (κ3) is 1.81. The zero-order valence-corrected chi connectivity index (χ0v) is 8.77. The highest BCUT2D eigenvalue weighted by atomic mass is 16.5. The SMILES string of the molecule is COc1cccnc1-c1ccncc1C. The summed E-state index contributed by atoms with van der Waals surface area (Å²) in [5.41, 5.74) is 3.01. The summed E-state index contributed by atoms with van der Waals surface area (Å²) in [6.07, 6.45) is 5.34. The van der Waals surface area contributed by atoms with Gasteiger partial charge in [0.25, 0.3) is 0 Å². The second-order valence-corrected chi connectivity index (χ2v) is 3.24. The molecule has 0 unspecified atom stereocenters. The first kappa shape index (κ1) is 9.65. The zero-order valence-electron chi connectivity index (χ0n) is 8.77. The van der Waals surface area contributed by atoms with Crippen LogP contribution in [0.5, 0.6) is 5.75 Å². The molecule has 15 heavy (non-hydrogen) atoms. The second kappa shape index (κ2) is 4.09. The summed E-state index contributed by atoms with van der Waals surface area (Å²) in [6.45, 7) is 2.01. The van der Waals surface area contributed by atoms with E-state index in [1.54, 1.807) is 19.5 Å². The predicted molar refractivity (Wildman–Crippen MR) is 58.8 cm³/mol. The van der Waals surface area contributed by atoms with Gasteiger partial charge in [-0.3, -0.25) is 9.97 Å². The van der Waals surface area contributed by atoms with Crippen molar-refractivity contribution >= 4 is 0 Å². The lowest BCUT2D eigenvalue weighted by atomic mass is 10.1. The first-order valence-electron chi connectivity index (χ1n) is 4.73. The van der Waals surface area contributed by atoms with E-state index in [1.807, 2.05) is 31.3 Å². The Morgan fingerprint density at radius 3 is 2.80 bits per heavy atom. The summed E-state index contributed by atoms with van der Waals surface area (Å²) in [6, 6.07) is 5.71. The minimum atomic E-state index is 0.784. The minimum absolute atomic E-state index is 0.784. The van der Waals surface area contributed by atoms with Gasteiger partial charge in [0.15, 0.2) is 0 Å². The maximum Gasteiger partial charge on any atom is 0.145 e. The summed E-state index contributed by atoms with van der Waals surface area (Å²) in [5, 5.41) is 0. The number of nitrogens with zero attached hydrogens (tertiary/aromatic N) is 2. The Morgan fingerprint density at radius 1 is 1.20 bits per heavy atom. The van der Waals surface area contributed by atoms with Gasteiger partial charge in [0, 0.05) is 24.2 Å². The molecule has 2 aromatic heterocycles. The standard InChI is InChI=1S/C12H12N2O/c1-9-8-13-7-5-10(9)12-11(15-2)4-3-6-14-12/h3-8H,1-2H3. The fourth-order valence-corrected chi connectivity index (χ4v) is 1.50. The van der Waals surface area contributed by atoms with E-state index in [0.717, 1.165) is 22.6 Å². The Morgan fingerprint density at radius 2 is 2.07 bits per heavy atom. The van der Waals surface area contributed by atoms with Crippen LogP contribution in [0.15, 0.2) is 36.8 Å². The van der Waals surface area contributed by atoms with Gasteiger partial charge in [-0.25, -0.2) is 0 Å². The van der Waals surface area contributed by atoms with Gasteiger partial charge in [-0.05, 0) is 30.7 Å². The van der Waals surface area contributed by atoms with Crippen LogP contribution in [0.4, 0.5) is 0 Å². The predicted octanol–water partition coefficient (Wildman–Crippen LogP) is 2.46. The number of hydrogen-bond donors (Lipinski definition) is 0. The molecule has 0 amide bonds. The monoisotopic (exact) mass is 200 g/mol. The van der Waals surface area contributed by atoms with Crippen LogP contribution in [0.1, 0.15) is 5.56 Å². The molecule has 2 rings (SSSR count). The van der Waals surface area contributed by atoms with Crippen LogP contribution in [0.2, 0.25) is 0 Å². The number of aryl methyl sites for hydroxylation is 1. The molecule has 0 fully saturated rings. The van der Waals surface area contributed by atoms with E-state index >= 15 is 0 Å². The molecule has 0 N–H and O–H groups in total. The quantitative estimate of drug-likeness (QED) is 0.747. The van der Waals surface area contributed by atoms with Gasteiger partial charge < -0.3 is 4.74 Å². The van der Waals surface area contributed by atoms with Crippen LogP contribution >= 0.6 is 0 Å². The van der Waals surface area contributed by atoms with Gasteiger partial charge in [0.1, 0.15) is 11.4 Å². The minimum Gasteiger partial charge on any atom is -0.494 e. The molecule has 0 saturated carbocycles. The van der Waals surface area contributed by atoms with Crippen molar-refractivity contribution in [1.82, 2.24) is 9.97 Å². The molecule has 2 aromatic rings. The smallest absolute Gasteiger partial charge is 0.145 e. The molecule has 0 spiro atoms. The molecule has 0 bridgehead atoms. The van der Waals surface area contributed by atoms with E-state index in [0.29, 0.717) is 0 Å². The van der Waals surface area contributed by atoms with E-state index in [4.69, 9.17) is 4.74 Å². The van der Waals surface area contributed by atoms with Crippen LogP contribution in [-0.2, 0) is 0 Å². The van der Waals surface area contributed by atoms with Gasteiger partial charge >= 0.3 is 0 Å². The first-order valence-corrected chi connectivity index (χ1v) is 4.73. The largest absolute Gasteiger partial charge is 0.494 e. The summed E-state index contributed by atoms with van der Waals surface area (Å²) in [7, 11) is 1.65. The van der Waals surface area contributed by atoms with Gasteiger partial charge in [0.2, 0.25) is 0 Å². The van der Waals surface area contributed by atoms with Crippen molar-refractivity contribution < 1.29 is 4.74 Å². The zero-order chi connectivity index (χ0) is 10.7. The maximum atomic E-state index is 5.27. The summed E-state index contributed by atoms with van der Waals surface area (Å²) < 4.78 is 5.27. The molecule has 0 aliphatic rings. The van der Waals surface area contributed by atoms with E-state index in [9.17, 15) is 0 Å². The Labute approximate surface area is 88.8 Å². The van der Waals surface area contributed by atoms with Crippen molar-refractivity contribution in [2.75, 3.05) is 7.11 Å². The second-order valence-electron chi connectivity index (χ2n) is 3.24. The summed E-state index contributed by atoms with van der Waals surface area (Å²) in [5.74, 6) is 0.784. The van der Waals surface area contributed by atoms with Crippen molar-refractivity contribution in [2.24, 2.45) is 0 Å². The molecule has 76 valence electrons. The van der Waals surface area contributed by atoms with E-state index < -0.39 is 0 Å². The molecule has 0 atom stereocenters. The first-order chi connectivity index (χ1) is 7.33. The topological polar surface area (TPSA) is 35.0 Å². The average Bonchev–Trinajstić information content (AvgIpc) is 2.30. The fourth-order valence-electron chi connectivity index (χ4n) is 1.50. The molecular weight excluding hydrogens is 188 g/mol. The van der Waals surface area contributed by atoms with Crippen molar-refractivity contribution in [3.8, 4) is 17.0 Å². The number of ether oxygens (including phenoxy) is 1. The molecule has 3 heteroatoms. The Bertz CT molecular complexity index is 469. The molecular formula is C12H12N2O. The van der Waals surface area contributed by atoms with Crippen LogP contribution in [0.25, 0.3) is 11.3 Å². The lowest BCUT2D eigenvalue weighted by molar-refractivity contribution is 0.415. The number of hydrogen-bond acceptors (Lipinski definition) is 3. The normalized spacial score (nSPS) is 10.0. The molecule has 0 aliphatic heterocycles. The summed E-state index contributed by atoms with van der Waals surface area (Å²) >= 11 is 0. The maximum absolute atomic E-state index is 5.27. The average molecular weight is 200 g/mol. The van der Waals surface area contributed by atoms with E-state index in [1.165, 1.54) is 0 Å². The Kier molecular flexibility index (Phi) is 2.63. The highest BCUT2D eigenvalue weighted by Gasteiger charge is 2.08. The molecule has 0 aromatic carbocycles. The van der Waals surface area contributed by atoms with Gasteiger partial charge in [-0.15, -0.1) is 0 Å². The van der Waals surface area contributed by atoms with Crippen molar-refractivity contribution in [2.45, 2.75) is 6.92 Å². The third-order valence-electron chi connectivity index (χ3n) is 2.27. The molecule has 0 saturated heterocycles. The molecule has 0 aliphatic carbocycles. The number of rotatable bonds is 2. The Hall–Kier alpha value is -1.90. The molecule has 0 radical (unpaired) electrons. The van der Waals surface area contributed by atoms with E-state index in [2.05, 4.69) is 9.97 Å². The highest BCUT2D eigenvalue weighted by Crippen LogP contribution is 2.28. The number of aromatic nitrogens is 2. The van der Waals surface area contributed by atoms with Crippen LogP contribution in [-0.4, -0.2) is 17.1 Å². The van der Waals surface area contributed by atoms with E-state index in [-0.39, 0.29) is 0 Å². The van der Waals surface area contributed by atoms with Gasteiger partial charge in [-0.2, -0.15) is 0 Å². The van der Waals surface area contributed by atoms with Crippen molar-refractivity contribution in [1.29, 1.82) is 0 Å². The van der Waals surface area contributed by atoms with Crippen LogP contribution < -0.4 is 4.74 Å². The van der Waals surface area contributed by atoms with Crippen molar-refractivity contribution in [3.05, 3.63) is 42.4 Å². The fraction of sp³-hybridized carbons (Fsp3) is 0.167. The number of pyridine rings is 2. The lowest BCUT2D eigenvalue weighted by Gasteiger charge is -2.08. The van der Waals surface area contributed by atoms with Crippen LogP contribution in [0.3, 0.4) is 0 Å². The van der Waals surface area contributed by atoms with Gasteiger partial charge in [-0.1, -0.05) is 0 Å². The Balaban J connectivity index is 2.59. The third-order valence-corrected chi connectivity index (χ3v) is 2.27. The molecule has 2 heterocycles. The lowest BCUT2D eigenvalue weighted by Crippen LogP contribution is -1.92. The van der Waals surface area contributed by atoms with Gasteiger partial charge in [0.05, 0.1) is 7.11 Å². The molecule has 3 nitrogen and oxygen atoms in total. The summed E-state index contributed by atoms with van der Waals surface area (Å²) in [4.78, 5) is 8.39.